The summed E-state index contributed by atoms with van der Waals surface area (Å²) < 4.78 is 5.05. The Bertz CT molecular complexity index is 800. The summed E-state index contributed by atoms with van der Waals surface area (Å²) in [6.45, 7) is 1.27. The maximum absolute atomic E-state index is 12.8. The van der Waals surface area contributed by atoms with E-state index in [0.29, 0.717) is 25.0 Å². The van der Waals surface area contributed by atoms with Crippen LogP contribution in [0.1, 0.15) is 45.6 Å². The van der Waals surface area contributed by atoms with E-state index in [1.165, 1.54) is 10.4 Å². The molecule has 4 nitrogen and oxygen atoms in total. The second kappa shape index (κ2) is 7.64. The summed E-state index contributed by atoms with van der Waals surface area (Å²) in [5.74, 6) is 0.872. The van der Waals surface area contributed by atoms with E-state index in [0.717, 1.165) is 24.1 Å². The third kappa shape index (κ3) is 3.17. The number of hydrogen-bond donors (Lipinski definition) is 2. The molecule has 2 N–H and O–H groups in total. The highest BCUT2D eigenvalue weighted by Crippen LogP contribution is 2.51. The standard InChI is InChI=1S/C21H24N2O2S/c1-25-12-5-11-22-21(24)17-9-3-7-15-14-6-2-8-16(14)20(23-19(15)17)18-10-4-13-26-18/h2-4,6-7,9-10,13-14,16,20,23H,5,8,11-12H2,1H3,(H,22,24). The first-order valence-corrected chi connectivity index (χ1v) is 10.0. The lowest BCUT2D eigenvalue weighted by atomic mass is 9.78. The number of nitrogens with one attached hydrogen (secondary N) is 2. The monoisotopic (exact) mass is 368 g/mol. The molecule has 26 heavy (non-hydrogen) atoms. The Hall–Kier alpha value is -2.11. The van der Waals surface area contributed by atoms with Gasteiger partial charge in [-0.15, -0.1) is 11.3 Å². The van der Waals surface area contributed by atoms with Crippen molar-refractivity contribution in [1.82, 2.24) is 5.32 Å². The molecule has 0 radical (unpaired) electrons. The molecule has 0 saturated carbocycles. The number of rotatable bonds is 6. The number of fused-ring (bicyclic) bond motifs is 3. The smallest absolute Gasteiger partial charge is 0.253 e. The Labute approximate surface area is 158 Å². The quantitative estimate of drug-likeness (QED) is 0.589. The number of benzene rings is 1. The van der Waals surface area contributed by atoms with Crippen molar-refractivity contribution in [2.24, 2.45) is 5.92 Å². The average Bonchev–Trinajstić information content (AvgIpc) is 3.36. The summed E-state index contributed by atoms with van der Waals surface area (Å²) in [4.78, 5) is 14.1. The van der Waals surface area contributed by atoms with E-state index in [-0.39, 0.29) is 11.9 Å². The third-order valence-corrected chi connectivity index (χ3v) is 6.26. The molecule has 1 aliphatic heterocycles. The fraction of sp³-hybridized carbons (Fsp3) is 0.381. The number of methoxy groups -OCH3 is 1. The minimum atomic E-state index is -0.0178. The topological polar surface area (TPSA) is 50.4 Å². The van der Waals surface area contributed by atoms with Crippen molar-refractivity contribution >= 4 is 22.9 Å². The van der Waals surface area contributed by atoms with E-state index < -0.39 is 0 Å². The van der Waals surface area contributed by atoms with Crippen LogP contribution in [-0.4, -0.2) is 26.2 Å². The van der Waals surface area contributed by atoms with Gasteiger partial charge in [0, 0.05) is 31.1 Å². The lowest BCUT2D eigenvalue weighted by molar-refractivity contribution is 0.0949. The minimum absolute atomic E-state index is 0.0178. The van der Waals surface area contributed by atoms with E-state index in [2.05, 4.69) is 46.4 Å². The minimum Gasteiger partial charge on any atom is -0.385 e. The summed E-state index contributed by atoms with van der Waals surface area (Å²) in [7, 11) is 1.68. The highest BCUT2D eigenvalue weighted by molar-refractivity contribution is 7.10. The molecule has 1 aromatic carbocycles. The fourth-order valence-electron chi connectivity index (χ4n) is 4.07. The van der Waals surface area contributed by atoms with Crippen LogP contribution in [0.2, 0.25) is 0 Å². The number of amides is 1. The molecule has 3 atom stereocenters. The van der Waals surface area contributed by atoms with Crippen LogP contribution in [0.25, 0.3) is 0 Å². The van der Waals surface area contributed by atoms with Crippen molar-refractivity contribution in [1.29, 1.82) is 0 Å². The molecule has 1 aromatic heterocycles. The zero-order valence-corrected chi connectivity index (χ0v) is 15.7. The van der Waals surface area contributed by atoms with Crippen molar-refractivity contribution in [2.45, 2.75) is 24.8 Å². The molecule has 5 heteroatoms. The van der Waals surface area contributed by atoms with Crippen LogP contribution in [0.5, 0.6) is 0 Å². The van der Waals surface area contributed by atoms with Gasteiger partial charge in [0.1, 0.15) is 0 Å². The zero-order valence-electron chi connectivity index (χ0n) is 14.9. The predicted octanol–water partition coefficient (Wildman–Crippen LogP) is 4.34. The summed E-state index contributed by atoms with van der Waals surface area (Å²) in [5.41, 5.74) is 2.96. The molecular weight excluding hydrogens is 344 g/mol. The molecule has 1 amide bonds. The Morgan fingerprint density at radius 2 is 2.27 bits per heavy atom. The first-order chi connectivity index (χ1) is 12.8. The van der Waals surface area contributed by atoms with Crippen LogP contribution in [0, 0.1) is 5.92 Å². The molecule has 2 aromatic rings. The van der Waals surface area contributed by atoms with Gasteiger partial charge >= 0.3 is 0 Å². The molecule has 0 bridgehead atoms. The maximum atomic E-state index is 12.8. The number of carbonyl (C=O) groups is 1. The Morgan fingerprint density at radius 3 is 3.08 bits per heavy atom. The van der Waals surface area contributed by atoms with Gasteiger partial charge in [0.15, 0.2) is 0 Å². The van der Waals surface area contributed by atoms with Crippen molar-refractivity contribution in [3.05, 3.63) is 63.9 Å². The normalized spacial score (nSPS) is 23.2. The number of para-hydroxylation sites is 1. The molecule has 2 heterocycles. The van der Waals surface area contributed by atoms with Gasteiger partial charge in [-0.25, -0.2) is 0 Å². The van der Waals surface area contributed by atoms with E-state index >= 15 is 0 Å². The summed E-state index contributed by atoms with van der Waals surface area (Å²) in [6, 6.07) is 10.6. The third-order valence-electron chi connectivity index (χ3n) is 5.30. The molecule has 4 rings (SSSR count). The summed E-state index contributed by atoms with van der Waals surface area (Å²) in [5, 5.41) is 8.85. The van der Waals surface area contributed by atoms with Crippen LogP contribution in [-0.2, 0) is 4.74 Å². The van der Waals surface area contributed by atoms with Crippen LogP contribution >= 0.6 is 11.3 Å². The zero-order chi connectivity index (χ0) is 17.9. The van der Waals surface area contributed by atoms with E-state index in [1.807, 2.05) is 12.1 Å². The van der Waals surface area contributed by atoms with E-state index in [9.17, 15) is 4.79 Å². The van der Waals surface area contributed by atoms with Gasteiger partial charge in [-0.2, -0.15) is 0 Å². The molecule has 0 spiro atoms. The first-order valence-electron chi connectivity index (χ1n) is 9.16. The van der Waals surface area contributed by atoms with Gasteiger partial charge in [0.05, 0.1) is 17.3 Å². The molecule has 0 fully saturated rings. The Balaban J connectivity index is 1.63. The second-order valence-corrected chi connectivity index (χ2v) is 7.84. The van der Waals surface area contributed by atoms with E-state index in [1.54, 1.807) is 18.4 Å². The number of carbonyl (C=O) groups excluding carboxylic acids is 1. The van der Waals surface area contributed by atoms with Crippen molar-refractivity contribution in [2.75, 3.05) is 25.6 Å². The number of thiophene rings is 1. The Morgan fingerprint density at radius 1 is 1.35 bits per heavy atom. The van der Waals surface area contributed by atoms with Gasteiger partial charge in [-0.1, -0.05) is 30.4 Å². The lowest BCUT2D eigenvalue weighted by Crippen LogP contribution is -2.32. The SMILES string of the molecule is COCCCNC(=O)c1cccc2c1NC(c1cccs1)C1CC=CC21. The van der Waals surface area contributed by atoms with Gasteiger partial charge < -0.3 is 15.4 Å². The fourth-order valence-corrected chi connectivity index (χ4v) is 4.93. The average molecular weight is 369 g/mol. The number of allylic oxidation sites excluding steroid dienone is 2. The summed E-state index contributed by atoms with van der Waals surface area (Å²) >= 11 is 1.78. The molecule has 2 aliphatic rings. The molecule has 1 aliphatic carbocycles. The molecular formula is C21H24N2O2S. The Kier molecular flexibility index (Phi) is 5.09. The largest absolute Gasteiger partial charge is 0.385 e. The van der Waals surface area contributed by atoms with Crippen molar-refractivity contribution < 1.29 is 9.53 Å². The first kappa shape index (κ1) is 17.3. The van der Waals surface area contributed by atoms with Crippen molar-refractivity contribution in [3.8, 4) is 0 Å². The van der Waals surface area contributed by atoms with Gasteiger partial charge in [0.25, 0.3) is 5.91 Å². The van der Waals surface area contributed by atoms with Gasteiger partial charge in [0.2, 0.25) is 0 Å². The molecule has 0 saturated heterocycles. The number of hydrogen-bond acceptors (Lipinski definition) is 4. The highest BCUT2D eigenvalue weighted by atomic mass is 32.1. The van der Waals surface area contributed by atoms with Crippen LogP contribution in [0.15, 0.2) is 47.9 Å². The second-order valence-electron chi connectivity index (χ2n) is 6.86. The van der Waals surface area contributed by atoms with Gasteiger partial charge in [-0.05, 0) is 41.8 Å². The van der Waals surface area contributed by atoms with E-state index in [4.69, 9.17) is 4.74 Å². The highest BCUT2D eigenvalue weighted by Gasteiger charge is 2.39. The molecule has 136 valence electrons. The lowest BCUT2D eigenvalue weighted by Gasteiger charge is -2.37. The van der Waals surface area contributed by atoms with Crippen molar-refractivity contribution in [3.63, 3.8) is 0 Å². The predicted molar refractivity (Wildman–Crippen MR) is 106 cm³/mol. The number of ether oxygens (including phenoxy) is 1. The maximum Gasteiger partial charge on any atom is 0.253 e. The summed E-state index contributed by atoms with van der Waals surface area (Å²) in [6.07, 6.45) is 6.48. The molecule has 3 unspecified atom stereocenters. The van der Waals surface area contributed by atoms with Crippen LogP contribution in [0.3, 0.4) is 0 Å². The van der Waals surface area contributed by atoms with Crippen LogP contribution in [0.4, 0.5) is 5.69 Å². The number of anilines is 1. The van der Waals surface area contributed by atoms with Crippen LogP contribution < -0.4 is 10.6 Å². The van der Waals surface area contributed by atoms with Gasteiger partial charge in [-0.3, -0.25) is 4.79 Å².